The van der Waals surface area contributed by atoms with Crippen molar-refractivity contribution in [3.05, 3.63) is 72.0 Å². The highest BCUT2D eigenvalue weighted by atomic mass is 35.5. The van der Waals surface area contributed by atoms with Crippen molar-refractivity contribution in [2.75, 3.05) is 17.7 Å². The van der Waals surface area contributed by atoms with Gasteiger partial charge in [-0.25, -0.2) is 14.4 Å². The average Bonchev–Trinajstić information content (AvgIpc) is 2.71. The lowest BCUT2D eigenvalue weighted by molar-refractivity contribution is 0.628. The zero-order chi connectivity index (χ0) is 18.8. The zero-order valence-electron chi connectivity index (χ0n) is 14.4. The van der Waals surface area contributed by atoms with Crippen LogP contribution in [0.3, 0.4) is 0 Å². The van der Waals surface area contributed by atoms with Crippen LogP contribution in [0, 0.1) is 5.82 Å². The largest absolute Gasteiger partial charge is 0.387 e. The fourth-order valence-electron chi connectivity index (χ4n) is 2.78. The summed E-state index contributed by atoms with van der Waals surface area (Å²) < 4.78 is 13.4. The molecule has 0 amide bonds. The lowest BCUT2D eigenvalue weighted by atomic mass is 10.0. The molecule has 0 saturated heterocycles. The number of nitrogens with one attached hydrogen (secondary N) is 2. The summed E-state index contributed by atoms with van der Waals surface area (Å²) in [6.45, 7) is 0. The Bertz CT molecular complexity index is 1130. The van der Waals surface area contributed by atoms with Gasteiger partial charge < -0.3 is 10.6 Å². The number of halogens is 2. The second kappa shape index (κ2) is 7.17. The van der Waals surface area contributed by atoms with Crippen LogP contribution in [0.15, 0.2) is 61.2 Å². The molecule has 2 N–H and O–H groups in total. The third-order valence-electron chi connectivity index (χ3n) is 4.18. The number of benzene rings is 2. The lowest BCUT2D eigenvalue weighted by Gasteiger charge is -2.11. The van der Waals surface area contributed by atoms with Crippen LogP contribution in [0.4, 0.5) is 21.6 Å². The minimum Gasteiger partial charge on any atom is -0.387 e. The first kappa shape index (κ1) is 17.2. The second-order valence-corrected chi connectivity index (χ2v) is 6.33. The fourth-order valence-corrected chi connectivity index (χ4v) is 2.96. The first-order valence-electron chi connectivity index (χ1n) is 8.24. The molecular weight excluding hydrogens is 365 g/mol. The molecule has 0 aliphatic rings. The molecule has 134 valence electrons. The minimum atomic E-state index is -0.464. The molecule has 0 atom stereocenters. The summed E-state index contributed by atoms with van der Waals surface area (Å²) in [6, 6.07) is 12.4. The van der Waals surface area contributed by atoms with Gasteiger partial charge in [0, 0.05) is 36.1 Å². The normalized spacial score (nSPS) is 10.8. The van der Waals surface area contributed by atoms with E-state index in [1.54, 1.807) is 18.5 Å². The van der Waals surface area contributed by atoms with Gasteiger partial charge in [-0.1, -0.05) is 17.7 Å². The quantitative estimate of drug-likeness (QED) is 0.505. The summed E-state index contributed by atoms with van der Waals surface area (Å²) in [6.07, 6.45) is 5.05. The van der Waals surface area contributed by atoms with Crippen molar-refractivity contribution in [3.63, 3.8) is 0 Å². The Morgan fingerprint density at radius 2 is 1.81 bits per heavy atom. The molecule has 2 aromatic heterocycles. The van der Waals surface area contributed by atoms with Gasteiger partial charge in [0.05, 0.1) is 16.2 Å². The third-order valence-corrected chi connectivity index (χ3v) is 4.47. The summed E-state index contributed by atoms with van der Waals surface area (Å²) in [4.78, 5) is 12.9. The highest BCUT2D eigenvalue weighted by molar-refractivity contribution is 6.31. The van der Waals surface area contributed by atoms with E-state index in [1.807, 2.05) is 31.3 Å². The van der Waals surface area contributed by atoms with Crippen LogP contribution >= 0.6 is 11.6 Å². The van der Waals surface area contributed by atoms with Gasteiger partial charge in [0.1, 0.15) is 18.0 Å². The number of rotatable bonds is 4. The smallest absolute Gasteiger partial charge is 0.141 e. The molecule has 0 unspecified atom stereocenters. The van der Waals surface area contributed by atoms with E-state index in [1.165, 1.54) is 18.5 Å². The molecule has 4 aromatic rings. The van der Waals surface area contributed by atoms with Gasteiger partial charge in [0.15, 0.2) is 0 Å². The Labute approximate surface area is 160 Å². The van der Waals surface area contributed by atoms with Crippen molar-refractivity contribution in [1.29, 1.82) is 0 Å². The monoisotopic (exact) mass is 379 g/mol. The van der Waals surface area contributed by atoms with Gasteiger partial charge in [-0.2, -0.15) is 0 Å². The zero-order valence-corrected chi connectivity index (χ0v) is 15.1. The molecule has 0 fully saturated rings. The molecule has 5 nitrogen and oxygen atoms in total. The van der Waals surface area contributed by atoms with Crippen molar-refractivity contribution in [2.24, 2.45) is 0 Å². The van der Waals surface area contributed by atoms with E-state index in [0.29, 0.717) is 11.5 Å². The van der Waals surface area contributed by atoms with Crippen LogP contribution in [0.2, 0.25) is 5.02 Å². The number of aromatic nitrogens is 3. The van der Waals surface area contributed by atoms with Gasteiger partial charge >= 0.3 is 0 Å². The maximum Gasteiger partial charge on any atom is 0.141 e. The van der Waals surface area contributed by atoms with Crippen LogP contribution < -0.4 is 10.6 Å². The lowest BCUT2D eigenvalue weighted by Crippen LogP contribution is -1.97. The van der Waals surface area contributed by atoms with Crippen molar-refractivity contribution in [1.82, 2.24) is 15.0 Å². The van der Waals surface area contributed by atoms with Crippen molar-refractivity contribution < 1.29 is 4.39 Å². The van der Waals surface area contributed by atoms with E-state index in [0.717, 1.165) is 27.7 Å². The Hall–Kier alpha value is -3.25. The van der Waals surface area contributed by atoms with Crippen LogP contribution in [0.1, 0.15) is 0 Å². The maximum atomic E-state index is 13.4. The van der Waals surface area contributed by atoms with Gasteiger partial charge in [-0.3, -0.25) is 4.98 Å². The molecule has 0 saturated carbocycles. The van der Waals surface area contributed by atoms with E-state index in [2.05, 4.69) is 25.6 Å². The number of pyridine rings is 1. The number of anilines is 3. The fraction of sp³-hybridized carbons (Fsp3) is 0.0500. The summed E-state index contributed by atoms with van der Waals surface area (Å²) in [7, 11) is 1.85. The molecular formula is C20H15ClFN5. The van der Waals surface area contributed by atoms with Crippen LogP contribution in [0.25, 0.3) is 22.0 Å². The van der Waals surface area contributed by atoms with E-state index in [9.17, 15) is 4.39 Å². The molecule has 4 rings (SSSR count). The van der Waals surface area contributed by atoms with E-state index in [4.69, 9.17) is 11.6 Å². The molecule has 27 heavy (non-hydrogen) atoms. The van der Waals surface area contributed by atoms with Gasteiger partial charge in [0.2, 0.25) is 0 Å². The molecule has 2 heterocycles. The Balaban J connectivity index is 1.78. The Kier molecular flexibility index (Phi) is 4.56. The Morgan fingerprint density at radius 3 is 2.63 bits per heavy atom. The van der Waals surface area contributed by atoms with E-state index in [-0.39, 0.29) is 5.02 Å². The third kappa shape index (κ3) is 3.52. The van der Waals surface area contributed by atoms with Crippen molar-refractivity contribution >= 4 is 39.7 Å². The first-order valence-corrected chi connectivity index (χ1v) is 8.62. The van der Waals surface area contributed by atoms with E-state index >= 15 is 0 Å². The van der Waals surface area contributed by atoms with Gasteiger partial charge in [-0.15, -0.1) is 0 Å². The van der Waals surface area contributed by atoms with Gasteiger partial charge in [-0.05, 0) is 42.0 Å². The standard InChI is InChI=1S/C20H15ClFN5/c1-23-15-6-13(9-24-10-15)12-2-5-19-16(7-12)20(26-11-25-19)27-14-3-4-18(22)17(21)8-14/h2-11,23H,1H3,(H,25,26,27). The topological polar surface area (TPSA) is 62.7 Å². The van der Waals surface area contributed by atoms with Crippen LogP contribution in [-0.4, -0.2) is 22.0 Å². The van der Waals surface area contributed by atoms with Crippen LogP contribution in [-0.2, 0) is 0 Å². The average molecular weight is 380 g/mol. The van der Waals surface area contributed by atoms with Crippen molar-refractivity contribution in [2.45, 2.75) is 0 Å². The number of hydrogen-bond donors (Lipinski definition) is 2. The second-order valence-electron chi connectivity index (χ2n) is 5.92. The minimum absolute atomic E-state index is 0.0500. The SMILES string of the molecule is CNc1cncc(-c2ccc3ncnc(Nc4ccc(F)c(Cl)c4)c3c2)c1. The summed E-state index contributed by atoms with van der Waals surface area (Å²) in [5.41, 5.74) is 4.33. The highest BCUT2D eigenvalue weighted by Gasteiger charge is 2.09. The number of hydrogen-bond acceptors (Lipinski definition) is 5. The van der Waals surface area contributed by atoms with Crippen molar-refractivity contribution in [3.8, 4) is 11.1 Å². The molecule has 0 spiro atoms. The molecule has 0 aliphatic carbocycles. The molecule has 0 aliphatic heterocycles. The van der Waals surface area contributed by atoms with Crippen LogP contribution in [0.5, 0.6) is 0 Å². The summed E-state index contributed by atoms with van der Waals surface area (Å²) in [5.74, 6) is 0.149. The predicted molar refractivity (Wildman–Crippen MR) is 107 cm³/mol. The molecule has 2 aromatic carbocycles. The molecule has 7 heteroatoms. The summed E-state index contributed by atoms with van der Waals surface area (Å²) in [5, 5.41) is 7.16. The summed E-state index contributed by atoms with van der Waals surface area (Å²) >= 11 is 5.87. The predicted octanol–water partition coefficient (Wildman–Crippen LogP) is 5.27. The maximum absolute atomic E-state index is 13.4. The number of fused-ring (bicyclic) bond motifs is 1. The molecule has 0 radical (unpaired) electrons. The van der Waals surface area contributed by atoms with E-state index < -0.39 is 5.82 Å². The number of nitrogens with zero attached hydrogens (tertiary/aromatic N) is 3. The Morgan fingerprint density at radius 1 is 0.926 bits per heavy atom. The molecule has 0 bridgehead atoms. The highest BCUT2D eigenvalue weighted by Crippen LogP contribution is 2.30. The first-order chi connectivity index (χ1) is 13.1. The van der Waals surface area contributed by atoms with Gasteiger partial charge in [0.25, 0.3) is 0 Å².